The molecule has 7 nitrogen and oxygen atoms in total. The van der Waals surface area contributed by atoms with Crippen LogP contribution in [0.1, 0.15) is 0 Å². The van der Waals surface area contributed by atoms with E-state index in [0.29, 0.717) is 33.1 Å². The lowest BCUT2D eigenvalue weighted by Gasteiger charge is -2.09. The van der Waals surface area contributed by atoms with Gasteiger partial charge in [0.05, 0.1) is 17.9 Å². The second-order valence-electron chi connectivity index (χ2n) is 4.97. The fourth-order valence-corrected chi connectivity index (χ4v) is 3.25. The number of benzene rings is 1. The monoisotopic (exact) mass is 414 g/mol. The molecule has 0 saturated heterocycles. The molecule has 2 aromatic rings. The van der Waals surface area contributed by atoms with Crippen molar-refractivity contribution in [2.75, 3.05) is 19.4 Å². The Hall–Kier alpha value is -2.03. The fraction of sp³-hybridized carbons (Fsp3) is 0.250. The number of carbonyl (C=O) groups is 2. The van der Waals surface area contributed by atoms with Crippen LogP contribution in [0.3, 0.4) is 0 Å². The Kier molecular flexibility index (Phi) is 7.50. The van der Waals surface area contributed by atoms with Gasteiger partial charge in [0, 0.05) is 17.1 Å². The molecule has 138 valence electrons. The minimum absolute atomic E-state index is 0.0701. The first kappa shape index (κ1) is 20.3. The minimum Gasteiger partial charge on any atom is -0.468 e. The predicted molar refractivity (Wildman–Crippen MR) is 101 cm³/mol. The lowest BCUT2D eigenvalue weighted by molar-refractivity contribution is -0.140. The first-order chi connectivity index (χ1) is 12.5. The van der Waals surface area contributed by atoms with E-state index in [1.807, 2.05) is 0 Å². The van der Waals surface area contributed by atoms with Crippen LogP contribution in [-0.2, 0) is 20.9 Å². The van der Waals surface area contributed by atoms with Crippen LogP contribution in [0, 0.1) is 0 Å². The number of hydrogen-bond acceptors (Lipinski definition) is 6. The maximum absolute atomic E-state index is 11.8. The smallest absolute Gasteiger partial charge is 0.325 e. The van der Waals surface area contributed by atoms with Gasteiger partial charge in [0.1, 0.15) is 6.54 Å². The van der Waals surface area contributed by atoms with Gasteiger partial charge in [-0.2, -0.15) is 0 Å². The van der Waals surface area contributed by atoms with Gasteiger partial charge in [-0.1, -0.05) is 41.0 Å². The molecule has 0 unspecified atom stereocenters. The number of hydrogen-bond donors (Lipinski definition) is 1. The molecule has 26 heavy (non-hydrogen) atoms. The van der Waals surface area contributed by atoms with Crippen molar-refractivity contribution in [1.29, 1.82) is 0 Å². The van der Waals surface area contributed by atoms with Gasteiger partial charge in [-0.15, -0.1) is 16.8 Å². The van der Waals surface area contributed by atoms with Gasteiger partial charge in [-0.05, 0) is 18.2 Å². The topological polar surface area (TPSA) is 86.1 Å². The van der Waals surface area contributed by atoms with E-state index in [1.165, 1.54) is 18.9 Å². The summed E-state index contributed by atoms with van der Waals surface area (Å²) in [5.74, 6) is -0.220. The molecule has 0 spiro atoms. The fourth-order valence-electron chi connectivity index (χ4n) is 1.98. The Morgan fingerprint density at radius 3 is 2.81 bits per heavy atom. The van der Waals surface area contributed by atoms with Crippen molar-refractivity contribution in [1.82, 2.24) is 20.1 Å². The molecule has 1 aromatic carbocycles. The second-order valence-corrected chi connectivity index (χ2v) is 6.76. The molecule has 0 atom stereocenters. The third kappa shape index (κ3) is 5.23. The summed E-state index contributed by atoms with van der Waals surface area (Å²) in [6.45, 7) is 3.99. The number of ether oxygens (including phenoxy) is 1. The van der Waals surface area contributed by atoms with Crippen molar-refractivity contribution in [3.05, 3.63) is 40.9 Å². The molecule has 2 rings (SSSR count). The molecule has 1 amide bonds. The summed E-state index contributed by atoms with van der Waals surface area (Å²) in [4.78, 5) is 22.9. The average Bonchev–Trinajstić information content (AvgIpc) is 3.00. The zero-order valence-corrected chi connectivity index (χ0v) is 16.2. The number of methoxy groups -OCH3 is 1. The third-order valence-electron chi connectivity index (χ3n) is 3.19. The number of rotatable bonds is 8. The van der Waals surface area contributed by atoms with Crippen molar-refractivity contribution in [2.24, 2.45) is 0 Å². The van der Waals surface area contributed by atoms with Gasteiger partial charge < -0.3 is 10.1 Å². The highest BCUT2D eigenvalue weighted by atomic mass is 35.5. The van der Waals surface area contributed by atoms with Gasteiger partial charge in [0.25, 0.3) is 0 Å². The quantitative estimate of drug-likeness (QED) is 0.406. The first-order valence-electron chi connectivity index (χ1n) is 7.42. The zero-order valence-electron chi connectivity index (χ0n) is 13.9. The Labute approximate surface area is 164 Å². The molecule has 0 bridgehead atoms. The number of aromatic nitrogens is 3. The minimum atomic E-state index is -0.516. The Morgan fingerprint density at radius 2 is 2.15 bits per heavy atom. The van der Waals surface area contributed by atoms with Gasteiger partial charge in [0.15, 0.2) is 11.0 Å². The van der Waals surface area contributed by atoms with Crippen LogP contribution in [0.25, 0.3) is 11.4 Å². The molecule has 0 aliphatic rings. The lowest BCUT2D eigenvalue weighted by Crippen LogP contribution is -2.31. The molecule has 1 heterocycles. The maximum Gasteiger partial charge on any atom is 0.325 e. The number of carbonyl (C=O) groups excluding carboxylic acids is 2. The van der Waals surface area contributed by atoms with Crippen LogP contribution in [0.15, 0.2) is 36.0 Å². The van der Waals surface area contributed by atoms with Crippen LogP contribution in [0.4, 0.5) is 0 Å². The van der Waals surface area contributed by atoms with Crippen LogP contribution < -0.4 is 5.32 Å². The molecule has 10 heteroatoms. The van der Waals surface area contributed by atoms with Crippen molar-refractivity contribution in [2.45, 2.75) is 11.7 Å². The summed E-state index contributed by atoms with van der Waals surface area (Å²) in [6.07, 6.45) is 1.69. The van der Waals surface area contributed by atoms with Gasteiger partial charge >= 0.3 is 5.97 Å². The van der Waals surface area contributed by atoms with E-state index in [0.717, 1.165) is 0 Å². The molecule has 0 saturated carbocycles. The molecule has 0 fully saturated rings. The van der Waals surface area contributed by atoms with E-state index in [2.05, 4.69) is 26.8 Å². The Morgan fingerprint density at radius 1 is 1.38 bits per heavy atom. The number of nitrogens with zero attached hydrogens (tertiary/aromatic N) is 3. The highest BCUT2D eigenvalue weighted by Gasteiger charge is 2.17. The van der Waals surface area contributed by atoms with Crippen molar-refractivity contribution < 1.29 is 14.3 Å². The molecular formula is C16H16Cl2N4O3S. The lowest BCUT2D eigenvalue weighted by atomic mass is 10.2. The Balaban J connectivity index is 2.15. The number of esters is 1. The van der Waals surface area contributed by atoms with Crippen molar-refractivity contribution in [3.63, 3.8) is 0 Å². The number of nitrogens with one attached hydrogen (secondary N) is 1. The van der Waals surface area contributed by atoms with E-state index in [4.69, 9.17) is 23.2 Å². The number of amides is 1. The highest BCUT2D eigenvalue weighted by Crippen LogP contribution is 2.31. The van der Waals surface area contributed by atoms with E-state index in [9.17, 15) is 9.59 Å². The van der Waals surface area contributed by atoms with Crippen LogP contribution in [0.5, 0.6) is 0 Å². The second kappa shape index (κ2) is 9.61. The first-order valence-corrected chi connectivity index (χ1v) is 9.16. The van der Waals surface area contributed by atoms with Crippen LogP contribution in [0.2, 0.25) is 10.0 Å². The van der Waals surface area contributed by atoms with E-state index in [-0.39, 0.29) is 18.2 Å². The standard InChI is InChI=1S/C16H16Cl2N4O3S/c1-3-6-22-15(11-5-4-10(17)7-12(11)18)20-21-16(22)26-9-13(23)19-8-14(24)25-2/h3-5,7H,1,6,8-9H2,2H3,(H,19,23). The molecule has 1 aromatic heterocycles. The summed E-state index contributed by atoms with van der Waals surface area (Å²) in [6, 6.07) is 5.09. The number of halogens is 2. The molecule has 0 radical (unpaired) electrons. The molecule has 0 aliphatic carbocycles. The SMILES string of the molecule is C=CCn1c(SCC(=O)NCC(=O)OC)nnc1-c1ccc(Cl)cc1Cl. The van der Waals surface area contributed by atoms with Crippen molar-refractivity contribution >= 4 is 46.8 Å². The Bertz CT molecular complexity index is 826. The van der Waals surface area contributed by atoms with Crippen LogP contribution >= 0.6 is 35.0 Å². The maximum atomic E-state index is 11.8. The number of thioether (sulfide) groups is 1. The van der Waals surface area contributed by atoms with Gasteiger partial charge in [-0.25, -0.2) is 0 Å². The van der Waals surface area contributed by atoms with E-state index in [1.54, 1.807) is 28.8 Å². The van der Waals surface area contributed by atoms with Crippen molar-refractivity contribution in [3.8, 4) is 11.4 Å². The summed E-state index contributed by atoms with van der Waals surface area (Å²) in [5.41, 5.74) is 0.674. The molecular weight excluding hydrogens is 399 g/mol. The van der Waals surface area contributed by atoms with Crippen LogP contribution in [-0.4, -0.2) is 46.0 Å². The summed E-state index contributed by atoms with van der Waals surface area (Å²) < 4.78 is 6.26. The largest absolute Gasteiger partial charge is 0.468 e. The van der Waals surface area contributed by atoms with Gasteiger partial charge in [-0.3, -0.25) is 14.2 Å². The zero-order chi connectivity index (χ0) is 19.1. The molecule has 1 N–H and O–H groups in total. The average molecular weight is 415 g/mol. The summed E-state index contributed by atoms with van der Waals surface area (Å²) >= 11 is 13.4. The predicted octanol–water partition coefficient (Wildman–Crippen LogP) is 2.82. The summed E-state index contributed by atoms with van der Waals surface area (Å²) in [5, 5.41) is 12.2. The highest BCUT2D eigenvalue weighted by molar-refractivity contribution is 7.99. The third-order valence-corrected chi connectivity index (χ3v) is 4.71. The summed E-state index contributed by atoms with van der Waals surface area (Å²) in [7, 11) is 1.25. The number of allylic oxidation sites excluding steroid dienone is 1. The van der Waals surface area contributed by atoms with E-state index < -0.39 is 5.97 Å². The van der Waals surface area contributed by atoms with E-state index >= 15 is 0 Å². The molecule has 0 aliphatic heterocycles. The normalized spacial score (nSPS) is 10.4. The van der Waals surface area contributed by atoms with Gasteiger partial charge in [0.2, 0.25) is 5.91 Å².